The third-order valence-electron chi connectivity index (χ3n) is 5.05. The molecule has 0 bridgehead atoms. The van der Waals surface area contributed by atoms with E-state index in [1.807, 2.05) is 26.0 Å². The van der Waals surface area contributed by atoms with Crippen molar-refractivity contribution >= 4 is 11.6 Å². The Balaban J connectivity index is 1.78. The van der Waals surface area contributed by atoms with Crippen molar-refractivity contribution in [3.63, 3.8) is 0 Å². The van der Waals surface area contributed by atoms with Gasteiger partial charge in [-0.2, -0.15) is 0 Å². The number of carbonyl (C=O) groups is 1. The van der Waals surface area contributed by atoms with Crippen LogP contribution in [0.3, 0.4) is 0 Å². The van der Waals surface area contributed by atoms with Crippen LogP contribution in [0.2, 0.25) is 0 Å². The molecule has 2 aromatic carbocycles. The smallest absolute Gasteiger partial charge is 0.251 e. The van der Waals surface area contributed by atoms with Crippen LogP contribution in [0.5, 0.6) is 5.75 Å². The molecule has 1 amide bonds. The molecule has 0 spiro atoms. The van der Waals surface area contributed by atoms with Crippen LogP contribution in [0.4, 0.5) is 10.1 Å². The van der Waals surface area contributed by atoms with Crippen LogP contribution in [0.25, 0.3) is 0 Å². The van der Waals surface area contributed by atoms with Crippen molar-refractivity contribution < 1.29 is 13.9 Å². The number of hydrogen-bond donors (Lipinski definition) is 1. The SMILES string of the molecule is CCOc1cccc(C(=O)NC(C)c2cc(F)ccc2N2CCN(C)CC2)c1. The molecule has 1 N–H and O–H groups in total. The molecule has 1 aliphatic heterocycles. The first kappa shape index (κ1) is 20.1. The minimum absolute atomic E-state index is 0.206. The minimum Gasteiger partial charge on any atom is -0.494 e. The van der Waals surface area contributed by atoms with Crippen molar-refractivity contribution in [1.29, 1.82) is 0 Å². The van der Waals surface area contributed by atoms with Gasteiger partial charge in [0.05, 0.1) is 12.6 Å². The Hall–Kier alpha value is -2.60. The maximum absolute atomic E-state index is 14.0. The molecule has 6 heteroatoms. The highest BCUT2D eigenvalue weighted by molar-refractivity contribution is 5.94. The molecule has 1 aliphatic rings. The van der Waals surface area contributed by atoms with Crippen LogP contribution in [0.1, 0.15) is 35.8 Å². The van der Waals surface area contributed by atoms with E-state index >= 15 is 0 Å². The van der Waals surface area contributed by atoms with E-state index in [2.05, 4.69) is 22.2 Å². The van der Waals surface area contributed by atoms with E-state index in [-0.39, 0.29) is 17.8 Å². The van der Waals surface area contributed by atoms with Gasteiger partial charge >= 0.3 is 0 Å². The van der Waals surface area contributed by atoms with Gasteiger partial charge in [0.15, 0.2) is 0 Å². The fourth-order valence-corrected chi connectivity index (χ4v) is 3.46. The van der Waals surface area contributed by atoms with Gasteiger partial charge in [-0.1, -0.05) is 6.07 Å². The van der Waals surface area contributed by atoms with Gasteiger partial charge in [-0.3, -0.25) is 4.79 Å². The van der Waals surface area contributed by atoms with Gasteiger partial charge in [-0.05, 0) is 57.3 Å². The summed E-state index contributed by atoms with van der Waals surface area (Å²) in [6.07, 6.45) is 0. The third kappa shape index (κ3) is 4.81. The van der Waals surface area contributed by atoms with Crippen LogP contribution in [0.15, 0.2) is 42.5 Å². The molecule has 3 rings (SSSR count). The molecule has 2 aromatic rings. The minimum atomic E-state index is -0.325. The number of carbonyl (C=O) groups excluding carboxylic acids is 1. The standard InChI is InChI=1S/C22H28FN3O2/c1-4-28-19-7-5-6-17(14-19)22(27)24-16(2)20-15-18(23)8-9-21(20)26-12-10-25(3)11-13-26/h5-9,14-16H,4,10-13H2,1-3H3,(H,24,27). The van der Waals surface area contributed by atoms with Crippen molar-refractivity contribution in [3.05, 3.63) is 59.4 Å². The molecule has 1 heterocycles. The largest absolute Gasteiger partial charge is 0.494 e. The zero-order chi connectivity index (χ0) is 20.1. The second-order valence-corrected chi connectivity index (χ2v) is 7.15. The molecule has 150 valence electrons. The number of piperazine rings is 1. The summed E-state index contributed by atoms with van der Waals surface area (Å²) in [5.74, 6) is 0.154. The molecule has 0 aliphatic carbocycles. The van der Waals surface area contributed by atoms with E-state index in [9.17, 15) is 9.18 Å². The lowest BCUT2D eigenvalue weighted by molar-refractivity contribution is 0.0939. The summed E-state index contributed by atoms with van der Waals surface area (Å²) in [7, 11) is 2.10. The summed E-state index contributed by atoms with van der Waals surface area (Å²) < 4.78 is 19.4. The summed E-state index contributed by atoms with van der Waals surface area (Å²) >= 11 is 0. The summed E-state index contributed by atoms with van der Waals surface area (Å²) in [6, 6.07) is 11.6. The molecule has 5 nitrogen and oxygen atoms in total. The van der Waals surface area contributed by atoms with Crippen LogP contribution < -0.4 is 15.0 Å². The number of anilines is 1. The number of rotatable bonds is 6. The lowest BCUT2D eigenvalue weighted by Gasteiger charge is -2.36. The molecule has 1 atom stereocenters. The Morgan fingerprint density at radius 1 is 1.18 bits per heavy atom. The summed E-state index contributed by atoms with van der Waals surface area (Å²) in [4.78, 5) is 17.3. The van der Waals surface area contributed by atoms with E-state index in [1.165, 1.54) is 12.1 Å². The first-order valence-electron chi connectivity index (χ1n) is 9.74. The fourth-order valence-electron chi connectivity index (χ4n) is 3.46. The van der Waals surface area contributed by atoms with Crippen molar-refractivity contribution in [2.45, 2.75) is 19.9 Å². The number of likely N-dealkylation sites (N-methyl/N-ethyl adjacent to an activating group) is 1. The normalized spacial score (nSPS) is 15.9. The average Bonchev–Trinajstić information content (AvgIpc) is 2.69. The van der Waals surface area contributed by atoms with Crippen molar-refractivity contribution in [3.8, 4) is 5.75 Å². The summed E-state index contributed by atoms with van der Waals surface area (Å²) in [5, 5.41) is 3.00. The number of amides is 1. The number of nitrogens with zero attached hydrogens (tertiary/aromatic N) is 2. The van der Waals surface area contributed by atoms with Gasteiger partial charge < -0.3 is 19.9 Å². The number of halogens is 1. The van der Waals surface area contributed by atoms with Crippen molar-refractivity contribution in [2.24, 2.45) is 0 Å². The number of hydrogen-bond acceptors (Lipinski definition) is 4. The Morgan fingerprint density at radius 2 is 1.93 bits per heavy atom. The third-order valence-corrected chi connectivity index (χ3v) is 5.05. The zero-order valence-corrected chi connectivity index (χ0v) is 16.7. The second-order valence-electron chi connectivity index (χ2n) is 7.15. The van der Waals surface area contributed by atoms with E-state index in [4.69, 9.17) is 4.74 Å². The van der Waals surface area contributed by atoms with Crippen molar-refractivity contribution in [1.82, 2.24) is 10.2 Å². The number of benzene rings is 2. The molecular weight excluding hydrogens is 357 g/mol. The van der Waals surface area contributed by atoms with E-state index in [1.54, 1.807) is 18.2 Å². The van der Waals surface area contributed by atoms with Crippen LogP contribution in [0, 0.1) is 5.82 Å². The highest BCUT2D eigenvalue weighted by Gasteiger charge is 2.21. The average molecular weight is 385 g/mol. The maximum Gasteiger partial charge on any atom is 0.251 e. The second kappa shape index (κ2) is 9.06. The Labute approximate surface area is 166 Å². The summed E-state index contributed by atoms with van der Waals surface area (Å²) in [5.41, 5.74) is 2.29. The number of nitrogens with one attached hydrogen (secondary N) is 1. The van der Waals surface area contributed by atoms with E-state index < -0.39 is 0 Å². The molecule has 0 aromatic heterocycles. The van der Waals surface area contributed by atoms with Gasteiger partial charge in [0.1, 0.15) is 11.6 Å². The van der Waals surface area contributed by atoms with Crippen LogP contribution in [-0.2, 0) is 0 Å². The predicted octanol–water partition coefficient (Wildman–Crippen LogP) is 3.47. The molecule has 28 heavy (non-hydrogen) atoms. The maximum atomic E-state index is 14.0. The first-order chi connectivity index (χ1) is 13.5. The van der Waals surface area contributed by atoms with Gasteiger partial charge in [0, 0.05) is 43.0 Å². The lowest BCUT2D eigenvalue weighted by Crippen LogP contribution is -2.45. The highest BCUT2D eigenvalue weighted by atomic mass is 19.1. The first-order valence-corrected chi connectivity index (χ1v) is 9.74. The number of ether oxygens (including phenoxy) is 1. The van der Waals surface area contributed by atoms with E-state index in [0.717, 1.165) is 37.4 Å². The van der Waals surface area contributed by atoms with Crippen molar-refractivity contribution in [2.75, 3.05) is 44.7 Å². The summed E-state index contributed by atoms with van der Waals surface area (Å²) in [6.45, 7) is 8.01. The molecule has 1 saturated heterocycles. The van der Waals surface area contributed by atoms with Gasteiger partial charge in [0.2, 0.25) is 0 Å². The van der Waals surface area contributed by atoms with Gasteiger partial charge in [-0.25, -0.2) is 4.39 Å². The zero-order valence-electron chi connectivity index (χ0n) is 16.7. The Morgan fingerprint density at radius 3 is 2.64 bits per heavy atom. The Kier molecular flexibility index (Phi) is 6.52. The Bertz CT molecular complexity index is 819. The highest BCUT2D eigenvalue weighted by Crippen LogP contribution is 2.28. The molecule has 0 saturated carbocycles. The van der Waals surface area contributed by atoms with E-state index in [0.29, 0.717) is 17.9 Å². The molecule has 0 radical (unpaired) electrons. The molecule has 1 fully saturated rings. The quantitative estimate of drug-likeness (QED) is 0.827. The topological polar surface area (TPSA) is 44.8 Å². The van der Waals surface area contributed by atoms with Crippen LogP contribution in [-0.4, -0.2) is 50.6 Å². The molecular formula is C22H28FN3O2. The van der Waals surface area contributed by atoms with Gasteiger partial charge in [-0.15, -0.1) is 0 Å². The predicted molar refractivity (Wildman–Crippen MR) is 110 cm³/mol. The lowest BCUT2D eigenvalue weighted by atomic mass is 10.0. The van der Waals surface area contributed by atoms with Gasteiger partial charge in [0.25, 0.3) is 5.91 Å². The fraction of sp³-hybridized carbons (Fsp3) is 0.409. The monoisotopic (exact) mass is 385 g/mol. The van der Waals surface area contributed by atoms with Crippen LogP contribution >= 0.6 is 0 Å². The molecule has 1 unspecified atom stereocenters.